The Balaban J connectivity index is 2.21. The molecule has 1 unspecified atom stereocenters. The topological polar surface area (TPSA) is 98.0 Å². The van der Waals surface area contributed by atoms with Crippen molar-refractivity contribution in [2.45, 2.75) is 13.3 Å². The number of aliphatic hydroxyl groups excluding tert-OH is 1. The Morgan fingerprint density at radius 2 is 2.11 bits per heavy atom. The number of benzene rings is 1. The van der Waals surface area contributed by atoms with Crippen LogP contribution in [0.15, 0.2) is 23.0 Å². The van der Waals surface area contributed by atoms with Gasteiger partial charge < -0.3 is 20.4 Å². The van der Waals surface area contributed by atoms with Gasteiger partial charge in [0.05, 0.1) is 23.6 Å². The van der Waals surface area contributed by atoms with Crippen LogP contribution in [0.1, 0.15) is 13.3 Å². The van der Waals surface area contributed by atoms with Crippen molar-refractivity contribution < 1.29 is 9.90 Å². The summed E-state index contributed by atoms with van der Waals surface area (Å²) in [6.45, 7) is 1.67. The first-order valence-electron chi connectivity index (χ1n) is 5.77. The van der Waals surface area contributed by atoms with E-state index in [2.05, 4.69) is 15.3 Å². The standard InChI is InChI=1S/C12H15N3O3/c1-2-7(6-16)11(17)13-8-3-4-9-10(5-8)15-12(18)14-9/h3-5,7,16H,2,6H2,1H3,(H,13,17)(H2,14,15,18). The molecule has 6 nitrogen and oxygen atoms in total. The lowest BCUT2D eigenvalue weighted by molar-refractivity contribution is -0.121. The molecule has 1 atom stereocenters. The Labute approximate surface area is 103 Å². The molecule has 0 aliphatic rings. The third-order valence-electron chi connectivity index (χ3n) is 2.87. The van der Waals surface area contributed by atoms with E-state index in [9.17, 15) is 9.59 Å². The molecule has 0 radical (unpaired) electrons. The Bertz CT molecular complexity index is 610. The quantitative estimate of drug-likeness (QED) is 0.645. The van der Waals surface area contributed by atoms with Crippen molar-refractivity contribution in [2.75, 3.05) is 11.9 Å². The molecule has 1 amide bonds. The minimum atomic E-state index is -0.411. The molecule has 0 aliphatic carbocycles. The number of carbonyl (C=O) groups is 1. The smallest absolute Gasteiger partial charge is 0.323 e. The summed E-state index contributed by atoms with van der Waals surface area (Å²) in [6.07, 6.45) is 0.575. The van der Waals surface area contributed by atoms with Crippen LogP contribution in [-0.4, -0.2) is 27.6 Å². The molecule has 2 rings (SSSR count). The number of carbonyl (C=O) groups excluding carboxylic acids is 1. The van der Waals surface area contributed by atoms with E-state index in [1.165, 1.54) is 0 Å². The first-order valence-corrected chi connectivity index (χ1v) is 5.77. The van der Waals surface area contributed by atoms with Crippen molar-refractivity contribution in [1.29, 1.82) is 0 Å². The van der Waals surface area contributed by atoms with E-state index in [4.69, 9.17) is 5.11 Å². The van der Waals surface area contributed by atoms with Gasteiger partial charge in [-0.05, 0) is 24.6 Å². The highest BCUT2D eigenvalue weighted by atomic mass is 16.3. The highest BCUT2D eigenvalue weighted by Gasteiger charge is 2.15. The summed E-state index contributed by atoms with van der Waals surface area (Å²) in [5, 5.41) is 11.7. The third-order valence-corrected chi connectivity index (χ3v) is 2.87. The van der Waals surface area contributed by atoms with Crippen molar-refractivity contribution in [3.63, 3.8) is 0 Å². The lowest BCUT2D eigenvalue weighted by Gasteiger charge is -2.11. The fourth-order valence-electron chi connectivity index (χ4n) is 1.75. The molecule has 0 saturated heterocycles. The number of aromatic nitrogens is 2. The summed E-state index contributed by atoms with van der Waals surface area (Å²) in [5.74, 6) is -0.636. The first-order chi connectivity index (χ1) is 8.63. The minimum absolute atomic E-state index is 0.175. The van der Waals surface area contributed by atoms with Crippen molar-refractivity contribution in [2.24, 2.45) is 5.92 Å². The first kappa shape index (κ1) is 12.4. The van der Waals surface area contributed by atoms with E-state index in [1.807, 2.05) is 6.92 Å². The van der Waals surface area contributed by atoms with Crippen LogP contribution < -0.4 is 11.0 Å². The number of aromatic amines is 2. The van der Waals surface area contributed by atoms with Gasteiger partial charge in [-0.2, -0.15) is 0 Å². The van der Waals surface area contributed by atoms with Crippen LogP contribution in [0.2, 0.25) is 0 Å². The molecule has 0 fully saturated rings. The van der Waals surface area contributed by atoms with Gasteiger partial charge in [-0.25, -0.2) is 4.79 Å². The summed E-state index contributed by atoms with van der Waals surface area (Å²) in [4.78, 5) is 28.1. The molecule has 4 N–H and O–H groups in total. The zero-order valence-electron chi connectivity index (χ0n) is 9.99. The molecular weight excluding hydrogens is 234 g/mol. The van der Waals surface area contributed by atoms with E-state index in [-0.39, 0.29) is 18.2 Å². The predicted octanol–water partition coefficient (Wildman–Crippen LogP) is 0.813. The maximum Gasteiger partial charge on any atom is 0.323 e. The highest BCUT2D eigenvalue weighted by molar-refractivity contribution is 5.94. The maximum absolute atomic E-state index is 11.8. The van der Waals surface area contributed by atoms with Gasteiger partial charge >= 0.3 is 5.69 Å². The van der Waals surface area contributed by atoms with Gasteiger partial charge in [-0.1, -0.05) is 6.92 Å². The molecule has 1 heterocycles. The Morgan fingerprint density at radius 3 is 2.78 bits per heavy atom. The van der Waals surface area contributed by atoms with E-state index in [0.29, 0.717) is 23.1 Å². The number of hydrogen-bond donors (Lipinski definition) is 4. The SMILES string of the molecule is CCC(CO)C(=O)Nc1ccc2[nH]c(=O)[nH]c2c1. The van der Waals surface area contributed by atoms with Crippen molar-refractivity contribution in [1.82, 2.24) is 9.97 Å². The Kier molecular flexibility index (Phi) is 3.47. The van der Waals surface area contributed by atoms with Crippen LogP contribution in [0.25, 0.3) is 11.0 Å². The van der Waals surface area contributed by atoms with Gasteiger partial charge in [0.2, 0.25) is 5.91 Å². The number of amides is 1. The molecule has 1 aromatic carbocycles. The molecule has 96 valence electrons. The minimum Gasteiger partial charge on any atom is -0.396 e. The molecule has 0 saturated carbocycles. The Morgan fingerprint density at radius 1 is 1.39 bits per heavy atom. The monoisotopic (exact) mass is 249 g/mol. The van der Waals surface area contributed by atoms with Gasteiger partial charge in [-0.3, -0.25) is 4.79 Å². The van der Waals surface area contributed by atoms with Crippen LogP contribution in [-0.2, 0) is 4.79 Å². The number of fused-ring (bicyclic) bond motifs is 1. The number of anilines is 1. The average Bonchev–Trinajstić information content (AvgIpc) is 2.70. The third kappa shape index (κ3) is 2.43. The van der Waals surface area contributed by atoms with Crippen LogP contribution in [0.4, 0.5) is 5.69 Å². The molecule has 0 spiro atoms. The van der Waals surface area contributed by atoms with Crippen molar-refractivity contribution in [3.05, 3.63) is 28.7 Å². The van der Waals surface area contributed by atoms with Crippen LogP contribution in [0, 0.1) is 5.92 Å². The van der Waals surface area contributed by atoms with E-state index >= 15 is 0 Å². The summed E-state index contributed by atoms with van der Waals surface area (Å²) in [6, 6.07) is 5.09. The number of aliphatic hydroxyl groups is 1. The van der Waals surface area contributed by atoms with Gasteiger partial charge in [0.1, 0.15) is 0 Å². The number of H-pyrrole nitrogens is 2. The molecular formula is C12H15N3O3. The zero-order valence-corrected chi connectivity index (χ0v) is 9.99. The van der Waals surface area contributed by atoms with Crippen LogP contribution >= 0.6 is 0 Å². The number of imidazole rings is 1. The summed E-state index contributed by atoms with van der Waals surface area (Å²) < 4.78 is 0. The predicted molar refractivity (Wildman–Crippen MR) is 68.4 cm³/mol. The maximum atomic E-state index is 11.8. The largest absolute Gasteiger partial charge is 0.396 e. The van der Waals surface area contributed by atoms with Gasteiger partial charge in [-0.15, -0.1) is 0 Å². The zero-order chi connectivity index (χ0) is 13.1. The highest BCUT2D eigenvalue weighted by Crippen LogP contribution is 2.15. The number of hydrogen-bond acceptors (Lipinski definition) is 3. The van der Waals surface area contributed by atoms with Gasteiger partial charge in [0.25, 0.3) is 0 Å². The second kappa shape index (κ2) is 5.05. The lowest BCUT2D eigenvalue weighted by atomic mass is 10.1. The molecule has 2 aromatic rings. The number of nitrogens with one attached hydrogen (secondary N) is 3. The van der Waals surface area contributed by atoms with Gasteiger partial charge in [0.15, 0.2) is 0 Å². The van der Waals surface area contributed by atoms with Crippen LogP contribution in [0.5, 0.6) is 0 Å². The lowest BCUT2D eigenvalue weighted by Crippen LogP contribution is -2.24. The second-order valence-corrected chi connectivity index (χ2v) is 4.12. The van der Waals surface area contributed by atoms with Crippen molar-refractivity contribution in [3.8, 4) is 0 Å². The second-order valence-electron chi connectivity index (χ2n) is 4.12. The molecule has 0 aliphatic heterocycles. The molecule has 6 heteroatoms. The molecule has 18 heavy (non-hydrogen) atoms. The summed E-state index contributed by atoms with van der Waals surface area (Å²) >= 11 is 0. The molecule has 1 aromatic heterocycles. The van der Waals surface area contributed by atoms with E-state index in [1.54, 1.807) is 18.2 Å². The fraction of sp³-hybridized carbons (Fsp3) is 0.333. The number of rotatable bonds is 4. The van der Waals surface area contributed by atoms with Crippen LogP contribution in [0.3, 0.4) is 0 Å². The normalized spacial score (nSPS) is 12.6. The van der Waals surface area contributed by atoms with Crippen molar-refractivity contribution >= 4 is 22.6 Å². The van der Waals surface area contributed by atoms with E-state index < -0.39 is 5.92 Å². The average molecular weight is 249 g/mol. The summed E-state index contributed by atoms with van der Waals surface area (Å²) in [7, 11) is 0. The van der Waals surface area contributed by atoms with Gasteiger partial charge in [0, 0.05) is 5.69 Å². The summed E-state index contributed by atoms with van der Waals surface area (Å²) in [5.41, 5.74) is 1.63. The Hall–Kier alpha value is -2.08. The molecule has 0 bridgehead atoms. The fourth-order valence-corrected chi connectivity index (χ4v) is 1.75. The van der Waals surface area contributed by atoms with E-state index in [0.717, 1.165) is 0 Å².